The van der Waals surface area contributed by atoms with Crippen LogP contribution in [0.3, 0.4) is 0 Å². The third-order valence-corrected chi connectivity index (χ3v) is 4.92. The Labute approximate surface area is 127 Å². The van der Waals surface area contributed by atoms with Crippen molar-refractivity contribution in [1.82, 2.24) is 0 Å². The topological polar surface area (TPSA) is 44.5 Å². The Bertz CT molecular complexity index is 609. The number of hydrogen-bond acceptors (Lipinski definition) is 3. The molecule has 1 saturated carbocycles. The van der Waals surface area contributed by atoms with E-state index in [4.69, 9.17) is 15.2 Å². The molecule has 0 amide bonds. The van der Waals surface area contributed by atoms with Gasteiger partial charge in [0, 0.05) is 0 Å². The predicted molar refractivity (Wildman–Crippen MR) is 84.0 cm³/mol. The first-order valence-electron chi connectivity index (χ1n) is 7.75. The van der Waals surface area contributed by atoms with Gasteiger partial charge in [0.2, 0.25) is 5.79 Å². The Kier molecular flexibility index (Phi) is 3.19. The Morgan fingerprint density at radius 1 is 1.24 bits per heavy atom. The van der Waals surface area contributed by atoms with E-state index in [1.54, 1.807) is 0 Å². The summed E-state index contributed by atoms with van der Waals surface area (Å²) >= 11 is 0. The van der Waals surface area contributed by atoms with E-state index in [0.717, 1.165) is 12.2 Å². The largest absolute Gasteiger partial charge is 0.464 e. The first-order chi connectivity index (χ1) is 9.84. The maximum absolute atomic E-state index is 6.69. The smallest absolute Gasteiger partial charge is 0.238 e. The van der Waals surface area contributed by atoms with Crippen LogP contribution in [0.15, 0.2) is 30.0 Å². The summed E-state index contributed by atoms with van der Waals surface area (Å²) in [6.45, 7) is 10.4. The molecular formula is C18H25NO2. The van der Waals surface area contributed by atoms with Crippen molar-refractivity contribution in [2.45, 2.75) is 64.4 Å². The molecule has 0 radical (unpaired) electrons. The fourth-order valence-electron chi connectivity index (χ4n) is 3.85. The van der Waals surface area contributed by atoms with E-state index in [1.807, 2.05) is 19.9 Å². The molecule has 1 aliphatic heterocycles. The molecule has 2 unspecified atom stereocenters. The van der Waals surface area contributed by atoms with Gasteiger partial charge in [-0.2, -0.15) is 0 Å². The summed E-state index contributed by atoms with van der Waals surface area (Å²) in [5.74, 6) is 0.283. The van der Waals surface area contributed by atoms with E-state index in [0.29, 0.717) is 0 Å². The molecule has 3 nitrogen and oxygen atoms in total. The van der Waals surface area contributed by atoms with Crippen LogP contribution in [0, 0.1) is 13.8 Å². The average molecular weight is 287 g/mol. The number of allylic oxidation sites excluding steroid dienone is 1. The van der Waals surface area contributed by atoms with Crippen LogP contribution in [0.4, 0.5) is 0 Å². The van der Waals surface area contributed by atoms with Crippen molar-refractivity contribution >= 4 is 0 Å². The van der Waals surface area contributed by atoms with Gasteiger partial charge in [-0.05, 0) is 51.3 Å². The molecular weight excluding hydrogens is 262 g/mol. The van der Waals surface area contributed by atoms with Gasteiger partial charge in [-0.15, -0.1) is 0 Å². The summed E-state index contributed by atoms with van der Waals surface area (Å²) in [5, 5.41) is 0. The number of hydrogen-bond donors (Lipinski definition) is 1. The van der Waals surface area contributed by atoms with Gasteiger partial charge in [0.05, 0.1) is 23.3 Å². The third-order valence-electron chi connectivity index (χ3n) is 4.92. The summed E-state index contributed by atoms with van der Waals surface area (Å²) in [4.78, 5) is 0. The lowest BCUT2D eigenvalue weighted by Gasteiger charge is -2.31. The number of ether oxygens (including phenoxy) is 2. The van der Waals surface area contributed by atoms with E-state index < -0.39 is 11.3 Å². The molecule has 1 heterocycles. The molecule has 1 spiro atoms. The van der Waals surface area contributed by atoms with Crippen molar-refractivity contribution < 1.29 is 9.47 Å². The minimum absolute atomic E-state index is 0.0315. The molecule has 1 aromatic rings. The van der Waals surface area contributed by atoms with Crippen LogP contribution in [0.1, 0.15) is 49.8 Å². The van der Waals surface area contributed by atoms with Gasteiger partial charge in [-0.25, -0.2) is 0 Å². The second-order valence-electron chi connectivity index (χ2n) is 6.56. The molecule has 2 N–H and O–H groups in total. The number of benzene rings is 1. The maximum Gasteiger partial charge on any atom is 0.238 e. The van der Waals surface area contributed by atoms with Crippen LogP contribution in [0.25, 0.3) is 0 Å². The molecule has 4 atom stereocenters. The molecule has 114 valence electrons. The quantitative estimate of drug-likeness (QED) is 0.904. The van der Waals surface area contributed by atoms with Crippen molar-refractivity contribution in [3.63, 3.8) is 0 Å². The Morgan fingerprint density at radius 3 is 2.52 bits per heavy atom. The summed E-state index contributed by atoms with van der Waals surface area (Å²) in [7, 11) is 0. The van der Waals surface area contributed by atoms with Gasteiger partial charge >= 0.3 is 0 Å². The zero-order valence-electron chi connectivity index (χ0n) is 13.6. The molecule has 2 aliphatic rings. The van der Waals surface area contributed by atoms with Gasteiger partial charge in [0.1, 0.15) is 0 Å². The van der Waals surface area contributed by atoms with E-state index >= 15 is 0 Å². The zero-order chi connectivity index (χ0) is 15.4. The average Bonchev–Trinajstić information content (AvgIpc) is 2.86. The number of aryl methyl sites for hydroxylation is 2. The fourth-order valence-corrected chi connectivity index (χ4v) is 3.85. The lowest BCUT2D eigenvalue weighted by atomic mass is 9.98. The predicted octanol–water partition coefficient (Wildman–Crippen LogP) is 3.54. The van der Waals surface area contributed by atoms with Gasteiger partial charge in [0.15, 0.2) is 0 Å². The Balaban J connectivity index is 2.05. The van der Waals surface area contributed by atoms with Gasteiger partial charge < -0.3 is 15.2 Å². The van der Waals surface area contributed by atoms with E-state index in [2.05, 4.69) is 39.0 Å². The maximum atomic E-state index is 6.69. The standard InChI is InChI=1S/C18H25NO2/c1-6-17(19)16(15-8-7-11(2)9-12(15)3)18(17)20-13(4)10-14(5)21-18/h7-10,13,16H,6,19H2,1-5H3/t13?,16-,17+,18?/m1/s1. The highest BCUT2D eigenvalue weighted by Crippen LogP contribution is 2.66. The highest BCUT2D eigenvalue weighted by atomic mass is 16.7. The monoisotopic (exact) mass is 287 g/mol. The minimum atomic E-state index is -0.708. The molecule has 1 aromatic carbocycles. The Hall–Kier alpha value is -1.32. The lowest BCUT2D eigenvalue weighted by molar-refractivity contribution is -0.189. The van der Waals surface area contributed by atoms with Crippen LogP contribution in [0.5, 0.6) is 0 Å². The van der Waals surface area contributed by atoms with Crippen LogP contribution >= 0.6 is 0 Å². The summed E-state index contributed by atoms with van der Waals surface area (Å²) < 4.78 is 12.3. The zero-order valence-corrected chi connectivity index (χ0v) is 13.6. The molecule has 3 rings (SSSR count). The molecule has 0 bridgehead atoms. The van der Waals surface area contributed by atoms with Crippen molar-refractivity contribution in [1.29, 1.82) is 0 Å². The van der Waals surface area contributed by atoms with Gasteiger partial charge in [0.25, 0.3) is 0 Å². The van der Waals surface area contributed by atoms with Gasteiger partial charge in [-0.1, -0.05) is 30.7 Å². The van der Waals surface area contributed by atoms with Crippen molar-refractivity contribution in [2.24, 2.45) is 5.73 Å². The minimum Gasteiger partial charge on any atom is -0.464 e. The fraction of sp³-hybridized carbons (Fsp3) is 0.556. The highest BCUT2D eigenvalue weighted by Gasteiger charge is 2.80. The molecule has 1 aliphatic carbocycles. The third kappa shape index (κ3) is 1.95. The molecule has 3 heteroatoms. The van der Waals surface area contributed by atoms with E-state index in [1.165, 1.54) is 16.7 Å². The number of nitrogens with two attached hydrogens (primary N) is 1. The normalized spacial score (nSPS) is 38.1. The second-order valence-corrected chi connectivity index (χ2v) is 6.56. The van der Waals surface area contributed by atoms with Gasteiger partial charge in [-0.3, -0.25) is 0 Å². The van der Waals surface area contributed by atoms with Crippen LogP contribution in [0.2, 0.25) is 0 Å². The first kappa shape index (κ1) is 14.6. The van der Waals surface area contributed by atoms with E-state index in [-0.39, 0.29) is 12.0 Å². The Morgan fingerprint density at radius 2 is 1.95 bits per heavy atom. The molecule has 0 saturated heterocycles. The van der Waals surface area contributed by atoms with E-state index in [9.17, 15) is 0 Å². The van der Waals surface area contributed by atoms with Crippen molar-refractivity contribution in [2.75, 3.05) is 0 Å². The van der Waals surface area contributed by atoms with Crippen molar-refractivity contribution in [3.8, 4) is 0 Å². The summed E-state index contributed by atoms with van der Waals surface area (Å²) in [6.07, 6.45) is 2.85. The van der Waals surface area contributed by atoms with Crippen molar-refractivity contribution in [3.05, 3.63) is 46.7 Å². The summed E-state index contributed by atoms with van der Waals surface area (Å²) in [6, 6.07) is 6.51. The first-order valence-corrected chi connectivity index (χ1v) is 7.75. The molecule has 1 fully saturated rings. The molecule has 0 aromatic heterocycles. The van der Waals surface area contributed by atoms with Crippen LogP contribution in [-0.2, 0) is 9.47 Å². The lowest BCUT2D eigenvalue weighted by Crippen LogP contribution is -2.41. The van der Waals surface area contributed by atoms with Crippen LogP contribution in [-0.4, -0.2) is 17.4 Å². The SMILES string of the molecule is CC[C@]1(N)[C@@H](c2ccc(C)cc2C)C12OC(C)=CC(C)O2. The van der Waals surface area contributed by atoms with Crippen LogP contribution < -0.4 is 5.73 Å². The highest BCUT2D eigenvalue weighted by molar-refractivity contribution is 5.47. The summed E-state index contributed by atoms with van der Waals surface area (Å²) in [5.41, 5.74) is 9.99. The second kappa shape index (κ2) is 4.59. The molecule has 21 heavy (non-hydrogen) atoms. The number of rotatable bonds is 2.